The van der Waals surface area contributed by atoms with E-state index >= 15 is 0 Å². The van der Waals surface area contributed by atoms with Gasteiger partial charge in [-0.15, -0.1) is 0 Å². The van der Waals surface area contributed by atoms with Gasteiger partial charge < -0.3 is 21.1 Å². The number of aliphatic hydroxyl groups is 1. The first kappa shape index (κ1) is 11.7. The standard InChI is InChI=1S/C8H11NO2.CH4O/c9-4-3-6-1-2-7(10)8(11)5-6;1-2/h1-2,5,10-11H,3-4,9H2;2H,1H3. The molecule has 5 N–H and O–H groups in total. The first-order valence-corrected chi connectivity index (χ1v) is 3.89. The predicted molar refractivity (Wildman–Crippen MR) is 50.7 cm³/mol. The summed E-state index contributed by atoms with van der Waals surface area (Å²) in [6, 6.07) is 4.71. The topological polar surface area (TPSA) is 86.7 Å². The van der Waals surface area contributed by atoms with Crippen LogP contribution in [-0.4, -0.2) is 29.0 Å². The molecule has 0 aliphatic heterocycles. The van der Waals surface area contributed by atoms with Crippen LogP contribution >= 0.6 is 0 Å². The van der Waals surface area contributed by atoms with Crippen LogP contribution in [0.2, 0.25) is 0 Å². The van der Waals surface area contributed by atoms with Crippen LogP contribution in [0.5, 0.6) is 11.5 Å². The second kappa shape index (κ2) is 6.28. The van der Waals surface area contributed by atoms with Gasteiger partial charge in [-0.2, -0.15) is 0 Å². The fourth-order valence-corrected chi connectivity index (χ4v) is 0.891. The van der Waals surface area contributed by atoms with E-state index in [-0.39, 0.29) is 11.5 Å². The molecule has 0 aromatic heterocycles. The van der Waals surface area contributed by atoms with E-state index in [1.807, 2.05) is 0 Å². The van der Waals surface area contributed by atoms with Gasteiger partial charge >= 0.3 is 0 Å². The number of benzene rings is 1. The minimum atomic E-state index is -0.0919. The SMILES string of the molecule is CO.NCCc1ccc(O)c(O)c1. The molecule has 0 spiro atoms. The Kier molecular flexibility index (Phi) is 5.67. The van der Waals surface area contributed by atoms with Crippen molar-refractivity contribution in [2.24, 2.45) is 5.73 Å². The number of aromatic hydroxyl groups is 2. The van der Waals surface area contributed by atoms with E-state index in [4.69, 9.17) is 21.1 Å². The summed E-state index contributed by atoms with van der Waals surface area (Å²) in [7, 11) is 1.00. The summed E-state index contributed by atoms with van der Waals surface area (Å²) in [5.74, 6) is -0.179. The van der Waals surface area contributed by atoms with Crippen LogP contribution in [0.3, 0.4) is 0 Å². The van der Waals surface area contributed by atoms with Crippen LogP contribution < -0.4 is 5.73 Å². The van der Waals surface area contributed by atoms with Crippen molar-refractivity contribution in [2.75, 3.05) is 13.7 Å². The summed E-state index contributed by atoms with van der Waals surface area (Å²) >= 11 is 0. The average molecular weight is 185 g/mol. The Balaban J connectivity index is 0.000000671. The summed E-state index contributed by atoms with van der Waals surface area (Å²) in [5.41, 5.74) is 6.24. The molecule has 0 bridgehead atoms. The molecule has 0 saturated heterocycles. The minimum absolute atomic E-state index is 0.0871. The van der Waals surface area contributed by atoms with Gasteiger partial charge in [-0.1, -0.05) is 6.07 Å². The van der Waals surface area contributed by atoms with Crippen molar-refractivity contribution in [3.8, 4) is 11.5 Å². The molecule has 0 heterocycles. The van der Waals surface area contributed by atoms with Gasteiger partial charge in [0.2, 0.25) is 0 Å². The van der Waals surface area contributed by atoms with Crippen LogP contribution in [0.4, 0.5) is 0 Å². The lowest BCUT2D eigenvalue weighted by atomic mass is 10.1. The zero-order valence-electron chi connectivity index (χ0n) is 7.57. The van der Waals surface area contributed by atoms with Gasteiger partial charge in [0.1, 0.15) is 0 Å². The molecule has 1 aromatic carbocycles. The Hall–Kier alpha value is -1.26. The number of aliphatic hydroxyl groups excluding tert-OH is 1. The summed E-state index contributed by atoms with van der Waals surface area (Å²) in [5, 5.41) is 25.0. The second-order valence-electron chi connectivity index (χ2n) is 2.36. The first-order chi connectivity index (χ1) is 6.24. The average Bonchev–Trinajstić information content (AvgIpc) is 2.15. The maximum absolute atomic E-state index is 9.04. The highest BCUT2D eigenvalue weighted by atomic mass is 16.3. The molecular formula is C9H15NO3. The van der Waals surface area contributed by atoms with Crippen molar-refractivity contribution < 1.29 is 15.3 Å². The summed E-state index contributed by atoms with van der Waals surface area (Å²) in [6.45, 7) is 0.546. The number of hydrogen-bond acceptors (Lipinski definition) is 4. The predicted octanol–water partition coefficient (Wildman–Crippen LogP) is 0.207. The number of nitrogens with two attached hydrogens (primary N) is 1. The van der Waals surface area contributed by atoms with E-state index in [0.29, 0.717) is 13.0 Å². The number of phenolic OH excluding ortho intramolecular Hbond substituents is 2. The zero-order chi connectivity index (χ0) is 10.3. The Bertz CT molecular complexity index is 251. The summed E-state index contributed by atoms with van der Waals surface area (Å²) in [4.78, 5) is 0. The third kappa shape index (κ3) is 3.78. The van der Waals surface area contributed by atoms with Crippen LogP contribution in [0.1, 0.15) is 5.56 Å². The normalized spacial score (nSPS) is 8.85. The van der Waals surface area contributed by atoms with Crippen molar-refractivity contribution in [1.29, 1.82) is 0 Å². The number of rotatable bonds is 2. The lowest BCUT2D eigenvalue weighted by Crippen LogP contribution is -2.02. The number of phenols is 2. The maximum Gasteiger partial charge on any atom is 0.157 e. The summed E-state index contributed by atoms with van der Waals surface area (Å²) < 4.78 is 0. The molecule has 0 radical (unpaired) electrons. The molecule has 1 aromatic rings. The Labute approximate surface area is 77.3 Å². The van der Waals surface area contributed by atoms with E-state index in [0.717, 1.165) is 12.7 Å². The highest BCUT2D eigenvalue weighted by molar-refractivity contribution is 5.40. The van der Waals surface area contributed by atoms with Crippen molar-refractivity contribution in [1.82, 2.24) is 0 Å². The minimum Gasteiger partial charge on any atom is -0.504 e. The van der Waals surface area contributed by atoms with Crippen LogP contribution in [0.25, 0.3) is 0 Å². The van der Waals surface area contributed by atoms with E-state index in [1.54, 1.807) is 6.07 Å². The summed E-state index contributed by atoms with van der Waals surface area (Å²) in [6.07, 6.45) is 0.716. The molecule has 0 aliphatic rings. The molecule has 4 heteroatoms. The molecule has 74 valence electrons. The van der Waals surface area contributed by atoms with Gasteiger partial charge in [0.25, 0.3) is 0 Å². The monoisotopic (exact) mass is 185 g/mol. The first-order valence-electron chi connectivity index (χ1n) is 3.89. The fraction of sp³-hybridized carbons (Fsp3) is 0.333. The van der Waals surface area contributed by atoms with Crippen molar-refractivity contribution >= 4 is 0 Å². The van der Waals surface area contributed by atoms with Gasteiger partial charge in [-0.3, -0.25) is 0 Å². The van der Waals surface area contributed by atoms with Gasteiger partial charge in [0.15, 0.2) is 11.5 Å². The van der Waals surface area contributed by atoms with E-state index in [1.165, 1.54) is 12.1 Å². The largest absolute Gasteiger partial charge is 0.504 e. The molecule has 1 rings (SSSR count). The third-order valence-electron chi connectivity index (χ3n) is 1.47. The Morgan fingerprint density at radius 1 is 1.15 bits per heavy atom. The highest BCUT2D eigenvalue weighted by Crippen LogP contribution is 2.24. The Morgan fingerprint density at radius 3 is 2.23 bits per heavy atom. The number of hydrogen-bond donors (Lipinski definition) is 4. The molecule has 0 saturated carbocycles. The molecule has 0 unspecified atom stereocenters. The molecule has 0 amide bonds. The molecule has 13 heavy (non-hydrogen) atoms. The Morgan fingerprint density at radius 2 is 1.77 bits per heavy atom. The van der Waals surface area contributed by atoms with Crippen LogP contribution in [0.15, 0.2) is 18.2 Å². The maximum atomic E-state index is 9.04. The zero-order valence-corrected chi connectivity index (χ0v) is 7.57. The van der Waals surface area contributed by atoms with E-state index < -0.39 is 0 Å². The third-order valence-corrected chi connectivity index (χ3v) is 1.47. The molecule has 4 nitrogen and oxygen atoms in total. The van der Waals surface area contributed by atoms with Crippen molar-refractivity contribution in [3.05, 3.63) is 23.8 Å². The van der Waals surface area contributed by atoms with Gasteiger partial charge in [-0.25, -0.2) is 0 Å². The van der Waals surface area contributed by atoms with Gasteiger partial charge in [0.05, 0.1) is 0 Å². The molecule has 0 atom stereocenters. The molecule has 0 aliphatic carbocycles. The smallest absolute Gasteiger partial charge is 0.157 e. The van der Waals surface area contributed by atoms with E-state index in [9.17, 15) is 0 Å². The van der Waals surface area contributed by atoms with Crippen LogP contribution in [-0.2, 0) is 6.42 Å². The molecular weight excluding hydrogens is 170 g/mol. The second-order valence-corrected chi connectivity index (χ2v) is 2.36. The lowest BCUT2D eigenvalue weighted by Gasteiger charge is -2.00. The highest BCUT2D eigenvalue weighted by Gasteiger charge is 1.98. The van der Waals surface area contributed by atoms with Crippen molar-refractivity contribution in [3.63, 3.8) is 0 Å². The quantitative estimate of drug-likeness (QED) is 0.496. The van der Waals surface area contributed by atoms with E-state index in [2.05, 4.69) is 0 Å². The van der Waals surface area contributed by atoms with Crippen LogP contribution in [0, 0.1) is 0 Å². The fourth-order valence-electron chi connectivity index (χ4n) is 0.891. The van der Waals surface area contributed by atoms with Crippen molar-refractivity contribution in [2.45, 2.75) is 6.42 Å². The lowest BCUT2D eigenvalue weighted by molar-refractivity contribution is 0.399. The van der Waals surface area contributed by atoms with Gasteiger partial charge in [-0.05, 0) is 30.7 Å². The van der Waals surface area contributed by atoms with Gasteiger partial charge in [0, 0.05) is 7.11 Å². The molecule has 0 fully saturated rings.